The molecule has 0 spiro atoms. The minimum absolute atomic E-state index is 0.0983. The predicted octanol–water partition coefficient (Wildman–Crippen LogP) is 2.11. The number of nitrogens with zero attached hydrogens (tertiary/aromatic N) is 1. The Morgan fingerprint density at radius 2 is 2.11 bits per heavy atom. The van der Waals surface area contributed by atoms with Crippen LogP contribution in [-0.2, 0) is 4.74 Å². The molecule has 1 heterocycles. The zero-order valence-corrected chi connectivity index (χ0v) is 11.4. The topological polar surface area (TPSA) is 38.5 Å². The van der Waals surface area contributed by atoms with E-state index < -0.39 is 0 Å². The van der Waals surface area contributed by atoms with Crippen molar-refractivity contribution in [3.63, 3.8) is 0 Å². The zero-order chi connectivity index (χ0) is 13.0. The van der Waals surface area contributed by atoms with Gasteiger partial charge in [0.15, 0.2) is 0 Å². The predicted molar refractivity (Wildman–Crippen MR) is 74.6 cm³/mol. The van der Waals surface area contributed by atoms with Crippen LogP contribution in [0.1, 0.15) is 30.5 Å². The van der Waals surface area contributed by atoms with Gasteiger partial charge in [-0.1, -0.05) is 36.8 Å². The molecule has 1 saturated heterocycles. The highest BCUT2D eigenvalue weighted by Gasteiger charge is 2.20. The zero-order valence-electron chi connectivity index (χ0n) is 11.4. The van der Waals surface area contributed by atoms with Gasteiger partial charge in [-0.3, -0.25) is 4.90 Å². The van der Waals surface area contributed by atoms with E-state index >= 15 is 0 Å². The van der Waals surface area contributed by atoms with Crippen LogP contribution in [0, 0.1) is 6.92 Å². The lowest BCUT2D eigenvalue weighted by Gasteiger charge is -2.34. The number of morpholine rings is 1. The third-order valence-corrected chi connectivity index (χ3v) is 3.64. The van der Waals surface area contributed by atoms with Crippen molar-refractivity contribution in [2.24, 2.45) is 5.73 Å². The number of aryl methyl sites for hydroxylation is 1. The van der Waals surface area contributed by atoms with E-state index in [2.05, 4.69) is 43.0 Å². The summed E-state index contributed by atoms with van der Waals surface area (Å²) in [6, 6.07) is 8.63. The first-order valence-electron chi connectivity index (χ1n) is 6.85. The third-order valence-electron chi connectivity index (χ3n) is 3.64. The molecule has 0 radical (unpaired) electrons. The minimum Gasteiger partial charge on any atom is -0.376 e. The van der Waals surface area contributed by atoms with Gasteiger partial charge in [0.1, 0.15) is 0 Å². The van der Waals surface area contributed by atoms with Gasteiger partial charge in [0.05, 0.1) is 12.7 Å². The molecule has 0 aliphatic carbocycles. The summed E-state index contributed by atoms with van der Waals surface area (Å²) in [5.41, 5.74) is 8.78. The van der Waals surface area contributed by atoms with E-state index in [1.807, 2.05) is 0 Å². The number of hydrogen-bond acceptors (Lipinski definition) is 3. The molecule has 3 heteroatoms. The maximum atomic E-state index is 6.28. The number of rotatable bonds is 4. The van der Waals surface area contributed by atoms with E-state index in [0.29, 0.717) is 6.10 Å². The molecular formula is C15H24N2O. The first-order valence-corrected chi connectivity index (χ1v) is 6.85. The van der Waals surface area contributed by atoms with Crippen LogP contribution in [-0.4, -0.2) is 37.2 Å². The highest BCUT2D eigenvalue weighted by molar-refractivity contribution is 5.24. The Morgan fingerprint density at radius 3 is 2.78 bits per heavy atom. The summed E-state index contributed by atoms with van der Waals surface area (Å²) in [5.74, 6) is 0. The van der Waals surface area contributed by atoms with Crippen molar-refractivity contribution in [3.05, 3.63) is 35.4 Å². The average molecular weight is 248 g/mol. The smallest absolute Gasteiger partial charge is 0.0700 e. The highest BCUT2D eigenvalue weighted by atomic mass is 16.5. The van der Waals surface area contributed by atoms with Crippen LogP contribution in [0.2, 0.25) is 0 Å². The van der Waals surface area contributed by atoms with Crippen molar-refractivity contribution < 1.29 is 4.74 Å². The van der Waals surface area contributed by atoms with Crippen molar-refractivity contribution in [1.82, 2.24) is 4.90 Å². The lowest BCUT2D eigenvalue weighted by Crippen LogP contribution is -2.44. The molecule has 1 aromatic rings. The van der Waals surface area contributed by atoms with E-state index in [9.17, 15) is 0 Å². The Morgan fingerprint density at radius 1 is 1.39 bits per heavy atom. The summed E-state index contributed by atoms with van der Waals surface area (Å²) in [6.07, 6.45) is 1.46. The summed E-state index contributed by atoms with van der Waals surface area (Å²) in [7, 11) is 0. The second-order valence-corrected chi connectivity index (χ2v) is 5.18. The van der Waals surface area contributed by atoms with Crippen molar-refractivity contribution >= 4 is 0 Å². The largest absolute Gasteiger partial charge is 0.376 e. The summed E-state index contributed by atoms with van der Waals surface area (Å²) in [5, 5.41) is 0. The van der Waals surface area contributed by atoms with E-state index in [1.165, 1.54) is 11.1 Å². The molecule has 3 nitrogen and oxygen atoms in total. The van der Waals surface area contributed by atoms with Gasteiger partial charge in [-0.25, -0.2) is 0 Å². The highest BCUT2D eigenvalue weighted by Crippen LogP contribution is 2.15. The molecular weight excluding hydrogens is 224 g/mol. The molecule has 1 aliphatic heterocycles. The fourth-order valence-electron chi connectivity index (χ4n) is 2.39. The molecule has 1 fully saturated rings. The van der Waals surface area contributed by atoms with Gasteiger partial charge in [0.2, 0.25) is 0 Å². The monoisotopic (exact) mass is 248 g/mol. The minimum atomic E-state index is 0.0983. The Hall–Kier alpha value is -0.900. The van der Waals surface area contributed by atoms with Gasteiger partial charge in [-0.2, -0.15) is 0 Å². The summed E-state index contributed by atoms with van der Waals surface area (Å²) in [4.78, 5) is 2.42. The van der Waals surface area contributed by atoms with Gasteiger partial charge < -0.3 is 10.5 Å². The second kappa shape index (κ2) is 6.32. The third kappa shape index (κ3) is 3.55. The molecule has 100 valence electrons. The fraction of sp³-hybridized carbons (Fsp3) is 0.600. The first kappa shape index (κ1) is 13.5. The Labute approximate surface area is 110 Å². The summed E-state index contributed by atoms with van der Waals surface area (Å²) in [6.45, 7) is 8.03. The summed E-state index contributed by atoms with van der Waals surface area (Å²) >= 11 is 0. The number of nitrogens with two attached hydrogens (primary N) is 1. The normalized spacial score (nSPS) is 22.9. The molecule has 1 aromatic carbocycles. The Bertz CT molecular complexity index is 363. The van der Waals surface area contributed by atoms with Crippen molar-refractivity contribution in [2.45, 2.75) is 32.4 Å². The lowest BCUT2D eigenvalue weighted by molar-refractivity contribution is -0.0312. The van der Waals surface area contributed by atoms with Gasteiger partial charge >= 0.3 is 0 Å². The number of ether oxygens (including phenoxy) is 1. The van der Waals surface area contributed by atoms with Gasteiger partial charge in [0.25, 0.3) is 0 Å². The maximum absolute atomic E-state index is 6.28. The quantitative estimate of drug-likeness (QED) is 0.887. The molecule has 0 saturated carbocycles. The Balaban J connectivity index is 1.90. The SMILES string of the molecule is CCC1CN(CC(N)c2ccc(C)cc2)CCO1. The molecule has 2 unspecified atom stereocenters. The van der Waals surface area contributed by atoms with Crippen molar-refractivity contribution in [1.29, 1.82) is 0 Å². The maximum Gasteiger partial charge on any atom is 0.0700 e. The van der Waals surface area contributed by atoms with Crippen LogP contribution < -0.4 is 5.73 Å². The number of hydrogen-bond donors (Lipinski definition) is 1. The average Bonchev–Trinajstić information content (AvgIpc) is 2.39. The van der Waals surface area contributed by atoms with Crippen LogP contribution in [0.4, 0.5) is 0 Å². The lowest BCUT2D eigenvalue weighted by atomic mass is 10.0. The van der Waals surface area contributed by atoms with E-state index in [1.54, 1.807) is 0 Å². The van der Waals surface area contributed by atoms with E-state index in [4.69, 9.17) is 10.5 Å². The fourth-order valence-corrected chi connectivity index (χ4v) is 2.39. The molecule has 2 N–H and O–H groups in total. The van der Waals surface area contributed by atoms with Crippen LogP contribution in [0.3, 0.4) is 0 Å². The summed E-state index contributed by atoms with van der Waals surface area (Å²) < 4.78 is 5.68. The van der Waals surface area contributed by atoms with Crippen LogP contribution in [0.25, 0.3) is 0 Å². The Kier molecular flexibility index (Phi) is 4.75. The van der Waals surface area contributed by atoms with Crippen LogP contribution >= 0.6 is 0 Å². The van der Waals surface area contributed by atoms with Crippen LogP contribution in [0.15, 0.2) is 24.3 Å². The molecule has 0 aromatic heterocycles. The van der Waals surface area contributed by atoms with Gasteiger partial charge in [0, 0.05) is 25.7 Å². The van der Waals surface area contributed by atoms with Gasteiger partial charge in [-0.15, -0.1) is 0 Å². The molecule has 2 atom stereocenters. The standard InChI is InChI=1S/C15H24N2O/c1-3-14-10-17(8-9-18-14)11-15(16)13-6-4-12(2)5-7-13/h4-7,14-15H,3,8-11,16H2,1-2H3. The molecule has 0 amide bonds. The van der Waals surface area contributed by atoms with E-state index in [0.717, 1.165) is 32.7 Å². The molecule has 2 rings (SSSR count). The molecule has 18 heavy (non-hydrogen) atoms. The second-order valence-electron chi connectivity index (χ2n) is 5.18. The van der Waals surface area contributed by atoms with Crippen molar-refractivity contribution in [2.75, 3.05) is 26.2 Å². The number of benzene rings is 1. The van der Waals surface area contributed by atoms with E-state index in [-0.39, 0.29) is 6.04 Å². The van der Waals surface area contributed by atoms with Crippen LogP contribution in [0.5, 0.6) is 0 Å². The molecule has 1 aliphatic rings. The molecule has 0 bridgehead atoms. The van der Waals surface area contributed by atoms with Crippen molar-refractivity contribution in [3.8, 4) is 0 Å². The van der Waals surface area contributed by atoms with Gasteiger partial charge in [-0.05, 0) is 18.9 Å². The first-order chi connectivity index (χ1) is 8.69.